The van der Waals surface area contributed by atoms with E-state index in [0.717, 1.165) is 41.6 Å². The van der Waals surface area contributed by atoms with Crippen molar-refractivity contribution in [2.45, 2.75) is 32.5 Å². The number of nitrogens with one attached hydrogen (secondary N) is 2. The second kappa shape index (κ2) is 9.78. The Bertz CT molecular complexity index is 1250. The zero-order chi connectivity index (χ0) is 23.5. The molecule has 0 atom stereocenters. The predicted molar refractivity (Wildman–Crippen MR) is 127 cm³/mol. The third-order valence-corrected chi connectivity index (χ3v) is 6.03. The van der Waals surface area contributed by atoms with Crippen molar-refractivity contribution < 1.29 is 9.53 Å². The third kappa shape index (κ3) is 4.73. The van der Waals surface area contributed by atoms with Gasteiger partial charge >= 0.3 is 0 Å². The molecule has 3 aliphatic heterocycles. The Balaban J connectivity index is 1.28. The minimum atomic E-state index is -0.237. The Morgan fingerprint density at radius 3 is 2.76 bits per heavy atom. The standard InChI is InChI=1S/C23H25ClN8O2/c1-34-14-20-19(22(33)27-10-16-9-25-21-18(16)6-17(24)11-26-21)13-32(30-20)12-15-7-28-23(29-8-15)31-4-2-3-5-31/h6-9,11,13H,2-5,10,12,14H2,1H3,(H,25,26)(H,27,33). The van der Waals surface area contributed by atoms with Crippen LogP contribution in [0.5, 0.6) is 0 Å². The fraction of sp³-hybridized carbons (Fsp3) is 0.348. The minimum Gasteiger partial charge on any atom is -0.378 e. The highest BCUT2D eigenvalue weighted by Gasteiger charge is 2.19. The van der Waals surface area contributed by atoms with Gasteiger partial charge in [-0.15, -0.1) is 0 Å². The molecule has 10 nitrogen and oxygen atoms in total. The van der Waals surface area contributed by atoms with Gasteiger partial charge in [-0.1, -0.05) is 11.6 Å². The number of fused-ring (bicyclic) bond motifs is 1. The van der Waals surface area contributed by atoms with E-state index in [1.54, 1.807) is 30.4 Å². The lowest BCUT2D eigenvalue weighted by molar-refractivity contribution is 0.0946. The average molecular weight is 481 g/mol. The Morgan fingerprint density at radius 1 is 1.21 bits per heavy atom. The van der Waals surface area contributed by atoms with Crippen LogP contribution in [0.3, 0.4) is 0 Å². The van der Waals surface area contributed by atoms with Gasteiger partial charge in [0.1, 0.15) is 11.5 Å². The summed E-state index contributed by atoms with van der Waals surface area (Å²) >= 11 is 6.09. The summed E-state index contributed by atoms with van der Waals surface area (Å²) in [6.45, 7) is 2.99. The number of nitrogens with zero attached hydrogens (tertiary/aromatic N) is 6. The largest absolute Gasteiger partial charge is 0.378 e. The van der Waals surface area contributed by atoms with Crippen molar-refractivity contribution in [2.75, 3.05) is 25.1 Å². The van der Waals surface area contributed by atoms with Gasteiger partial charge in [0.2, 0.25) is 5.95 Å². The summed E-state index contributed by atoms with van der Waals surface area (Å²) in [6.07, 6.45) is 11.1. The highest BCUT2D eigenvalue weighted by atomic mass is 35.5. The van der Waals surface area contributed by atoms with Crippen molar-refractivity contribution in [3.05, 3.63) is 64.5 Å². The van der Waals surface area contributed by atoms with Gasteiger partial charge in [-0.25, -0.2) is 15.0 Å². The van der Waals surface area contributed by atoms with Crippen LogP contribution in [0, 0.1) is 0 Å². The highest BCUT2D eigenvalue weighted by Crippen LogP contribution is 2.26. The number of ether oxygens (including phenoxy) is 1. The van der Waals surface area contributed by atoms with Gasteiger partial charge in [-0.3, -0.25) is 9.48 Å². The van der Waals surface area contributed by atoms with Gasteiger partial charge in [-0.05, 0) is 18.9 Å². The van der Waals surface area contributed by atoms with Gasteiger partial charge in [-0.2, -0.15) is 5.10 Å². The number of rotatable bonds is 8. The third-order valence-electron chi connectivity index (χ3n) is 5.81. The first-order valence-electron chi connectivity index (χ1n) is 11.1. The second-order valence-electron chi connectivity index (χ2n) is 8.25. The van der Waals surface area contributed by atoms with E-state index in [0.29, 0.717) is 29.4 Å². The van der Waals surface area contributed by atoms with E-state index in [1.807, 2.05) is 18.5 Å². The number of amides is 1. The molecule has 0 saturated carbocycles. The van der Waals surface area contributed by atoms with Crippen molar-refractivity contribution >= 4 is 23.5 Å². The first kappa shape index (κ1) is 22.3. The number of hydrogen-bond donors (Lipinski definition) is 2. The second-order valence-corrected chi connectivity index (χ2v) is 8.69. The van der Waals surface area contributed by atoms with Crippen molar-refractivity contribution in [2.24, 2.45) is 0 Å². The number of carbonyl (C=O) groups is 1. The van der Waals surface area contributed by atoms with Crippen LogP contribution in [0.1, 0.15) is 40.0 Å². The van der Waals surface area contributed by atoms with Crippen LogP contribution in [0.25, 0.3) is 11.4 Å². The van der Waals surface area contributed by atoms with Crippen LogP contribution in [-0.4, -0.2) is 55.8 Å². The van der Waals surface area contributed by atoms with Gasteiger partial charge in [0.25, 0.3) is 5.91 Å². The molecule has 0 spiro atoms. The summed E-state index contributed by atoms with van der Waals surface area (Å²) in [4.78, 5) is 31.5. The fourth-order valence-electron chi connectivity index (χ4n) is 4.11. The van der Waals surface area contributed by atoms with Gasteiger partial charge in [0.05, 0.1) is 23.7 Å². The van der Waals surface area contributed by atoms with Crippen molar-refractivity contribution in [3.8, 4) is 11.4 Å². The lowest BCUT2D eigenvalue weighted by atomic mass is 10.1. The molecule has 2 N–H and O–H groups in total. The highest BCUT2D eigenvalue weighted by molar-refractivity contribution is 6.30. The molecule has 11 heteroatoms. The molecule has 2 aromatic rings. The monoisotopic (exact) mass is 480 g/mol. The van der Waals surface area contributed by atoms with Crippen LogP contribution in [-0.2, 0) is 24.4 Å². The summed E-state index contributed by atoms with van der Waals surface area (Å²) < 4.78 is 6.98. The van der Waals surface area contributed by atoms with Crippen LogP contribution in [0.15, 0.2) is 37.1 Å². The number of aromatic nitrogens is 6. The number of anilines is 1. The molecule has 1 amide bonds. The van der Waals surface area contributed by atoms with E-state index in [2.05, 4.69) is 35.3 Å². The molecule has 0 bridgehead atoms. The van der Waals surface area contributed by atoms with E-state index < -0.39 is 0 Å². The Labute approximate surface area is 201 Å². The zero-order valence-electron chi connectivity index (χ0n) is 18.8. The molecule has 3 aliphatic rings. The van der Waals surface area contributed by atoms with E-state index in [1.165, 1.54) is 12.8 Å². The van der Waals surface area contributed by atoms with E-state index in [4.69, 9.17) is 16.3 Å². The minimum absolute atomic E-state index is 0.228. The number of carbonyl (C=O) groups excluding carboxylic acids is 1. The number of pyridine rings is 1. The Kier molecular flexibility index (Phi) is 6.41. The number of aromatic amines is 1. The maximum atomic E-state index is 13.0. The first-order valence-corrected chi connectivity index (χ1v) is 11.5. The molecular weight excluding hydrogens is 456 g/mol. The normalized spacial score (nSPS) is 13.6. The summed E-state index contributed by atoms with van der Waals surface area (Å²) in [7, 11) is 1.58. The number of methoxy groups -OCH3 is 1. The molecule has 176 valence electrons. The fourth-order valence-corrected chi connectivity index (χ4v) is 4.27. The molecule has 0 aliphatic carbocycles. The SMILES string of the molecule is COCc1nn(Cc2cnc(N3CCCC3)nc2)cc1C(=O)NCc1cnc2[nH]cc(Cl)cc1-2. The van der Waals surface area contributed by atoms with Gasteiger partial charge < -0.3 is 19.9 Å². The molecule has 2 aromatic heterocycles. The van der Waals surface area contributed by atoms with E-state index in [-0.39, 0.29) is 12.5 Å². The predicted octanol–water partition coefficient (Wildman–Crippen LogP) is 2.88. The van der Waals surface area contributed by atoms with E-state index in [9.17, 15) is 4.79 Å². The molecule has 1 fully saturated rings. The summed E-state index contributed by atoms with van der Waals surface area (Å²) in [5.41, 5.74) is 3.68. The molecule has 34 heavy (non-hydrogen) atoms. The topological polar surface area (TPSA) is 114 Å². The van der Waals surface area contributed by atoms with Crippen LogP contribution < -0.4 is 10.2 Å². The van der Waals surface area contributed by atoms with Gasteiger partial charge in [0, 0.05) is 74.4 Å². The molecular formula is C23H25ClN8O2. The maximum Gasteiger partial charge on any atom is 0.255 e. The molecule has 0 unspecified atom stereocenters. The zero-order valence-corrected chi connectivity index (χ0v) is 19.5. The summed E-state index contributed by atoms with van der Waals surface area (Å²) in [5.74, 6) is 1.24. The quantitative estimate of drug-likeness (QED) is 0.398. The number of H-pyrrole nitrogens is 1. The number of hydrogen-bond acceptors (Lipinski definition) is 7. The smallest absolute Gasteiger partial charge is 0.255 e. The summed E-state index contributed by atoms with van der Waals surface area (Å²) in [5, 5.41) is 8.08. The first-order chi connectivity index (χ1) is 16.6. The maximum absolute atomic E-state index is 13.0. The number of halogens is 1. The van der Waals surface area contributed by atoms with E-state index >= 15 is 0 Å². The van der Waals surface area contributed by atoms with Crippen LogP contribution >= 0.6 is 11.6 Å². The molecule has 0 aromatic carbocycles. The van der Waals surface area contributed by atoms with Crippen molar-refractivity contribution in [1.29, 1.82) is 0 Å². The molecule has 5 heterocycles. The van der Waals surface area contributed by atoms with Gasteiger partial charge in [0.15, 0.2) is 0 Å². The molecule has 0 radical (unpaired) electrons. The lowest BCUT2D eigenvalue weighted by Crippen LogP contribution is -2.23. The lowest BCUT2D eigenvalue weighted by Gasteiger charge is -2.14. The van der Waals surface area contributed by atoms with Crippen molar-refractivity contribution in [1.82, 2.24) is 35.0 Å². The average Bonchev–Trinajstić information content (AvgIpc) is 3.59. The molecule has 5 rings (SSSR count). The van der Waals surface area contributed by atoms with Crippen LogP contribution in [0.4, 0.5) is 5.95 Å². The molecule has 1 saturated heterocycles. The Morgan fingerprint density at radius 2 is 2.00 bits per heavy atom. The Hall–Kier alpha value is -3.50. The summed E-state index contributed by atoms with van der Waals surface area (Å²) in [6, 6.07) is 1.83. The van der Waals surface area contributed by atoms with Crippen LogP contribution in [0.2, 0.25) is 5.02 Å². The van der Waals surface area contributed by atoms with Crippen molar-refractivity contribution in [3.63, 3.8) is 0 Å².